The first-order valence-corrected chi connectivity index (χ1v) is 20.4. The van der Waals surface area contributed by atoms with Gasteiger partial charge in [-0.3, -0.25) is 34.0 Å². The number of carboxylic acids is 1. The molecular formula is C37H64N12O7S. The smallest absolute Gasteiger partial charge is 0.326 e. The van der Waals surface area contributed by atoms with Gasteiger partial charge in [0.2, 0.25) is 29.5 Å². The number of thioether (sulfide) groups is 1. The Hall–Kier alpha value is -5.11. The van der Waals surface area contributed by atoms with Gasteiger partial charge in [-0.1, -0.05) is 64.4 Å². The molecule has 1 rings (SSSR count). The molecule has 1 aromatic rings. The van der Waals surface area contributed by atoms with E-state index in [9.17, 15) is 33.9 Å². The van der Waals surface area contributed by atoms with Crippen molar-refractivity contribution in [1.29, 1.82) is 0 Å². The van der Waals surface area contributed by atoms with E-state index in [1.807, 2.05) is 38.3 Å². The zero-order valence-corrected chi connectivity index (χ0v) is 34.5. The van der Waals surface area contributed by atoms with Crippen LogP contribution in [-0.4, -0.2) is 114 Å². The predicted molar refractivity (Wildman–Crippen MR) is 223 cm³/mol. The molecule has 0 bridgehead atoms. The topological polar surface area (TPSA) is 338 Å². The molecule has 5 amide bonds. The maximum Gasteiger partial charge on any atom is 0.326 e. The minimum absolute atomic E-state index is 0.0212. The third-order valence-corrected chi connectivity index (χ3v) is 9.75. The fraction of sp³-hybridized carbons (Fsp3) is 0.622. The van der Waals surface area contributed by atoms with E-state index < -0.39 is 77.7 Å². The fourth-order valence-electron chi connectivity index (χ4n) is 5.47. The average molecular weight is 821 g/mol. The summed E-state index contributed by atoms with van der Waals surface area (Å²) < 4.78 is 0. The van der Waals surface area contributed by atoms with Gasteiger partial charge in [0.15, 0.2) is 11.9 Å². The lowest BCUT2D eigenvalue weighted by atomic mass is 9.97. The largest absolute Gasteiger partial charge is 0.480 e. The molecule has 0 fully saturated rings. The number of amides is 5. The SMILES string of the molecule is CC[C@H](C)[C@H](N)C(=O)N[C@@H](Cc1ccccc1)C(=O)N[C@H](C(=O)N[C@@H](CCCN=C(N)N)C(=O)N[C@@H](CCSC)C(=O)N[C@@H](CCCN=C(N)N)C(=O)O)C(C)C. The lowest BCUT2D eigenvalue weighted by molar-refractivity contribution is -0.142. The van der Waals surface area contributed by atoms with E-state index in [4.69, 9.17) is 28.7 Å². The van der Waals surface area contributed by atoms with Gasteiger partial charge in [-0.15, -0.1) is 0 Å². The van der Waals surface area contributed by atoms with Crippen molar-refractivity contribution < 1.29 is 33.9 Å². The summed E-state index contributed by atoms with van der Waals surface area (Å²) in [5, 5.41) is 23.2. The molecule has 1 aromatic carbocycles. The van der Waals surface area contributed by atoms with Crippen LogP contribution in [0.5, 0.6) is 0 Å². The number of carbonyl (C=O) groups excluding carboxylic acids is 5. The lowest BCUT2D eigenvalue weighted by Gasteiger charge is -2.29. The summed E-state index contributed by atoms with van der Waals surface area (Å²) >= 11 is 1.41. The Morgan fingerprint density at radius 3 is 1.65 bits per heavy atom. The summed E-state index contributed by atoms with van der Waals surface area (Å²) in [6, 6.07) is 2.27. The highest BCUT2D eigenvalue weighted by atomic mass is 32.2. The van der Waals surface area contributed by atoms with Gasteiger partial charge in [-0.25, -0.2) is 4.79 Å². The standard InChI is InChI=1S/C37H64N12O7S/c1-6-22(4)28(38)33(53)48-27(20-23-12-8-7-9-13-23)32(52)49-29(21(2)3)34(54)46-24(14-10-17-43-36(39)40)30(50)45-25(16-19-57-5)31(51)47-26(35(55)56)15-11-18-44-37(41)42/h7-9,12-13,21-22,24-29H,6,10-11,14-20,38H2,1-5H3,(H,45,50)(H,46,54)(H,47,51)(H,48,53)(H,49,52)(H,55,56)(H4,39,40,43)(H4,41,42,44)/t22-,24-,25-,26-,27-,28-,29-/m0/s1. The molecule has 0 heterocycles. The van der Waals surface area contributed by atoms with Gasteiger partial charge in [0, 0.05) is 19.5 Å². The van der Waals surface area contributed by atoms with Crippen LogP contribution >= 0.6 is 11.8 Å². The molecule has 16 N–H and O–H groups in total. The Balaban J connectivity index is 3.33. The Morgan fingerprint density at radius 1 is 0.684 bits per heavy atom. The molecule has 0 saturated heterocycles. The van der Waals surface area contributed by atoms with Gasteiger partial charge in [0.1, 0.15) is 30.2 Å². The minimum Gasteiger partial charge on any atom is -0.480 e. The molecule has 57 heavy (non-hydrogen) atoms. The van der Waals surface area contributed by atoms with Gasteiger partial charge < -0.3 is 60.4 Å². The number of aliphatic carboxylic acids is 1. The number of aliphatic imine (C=N–C) groups is 2. The molecule has 0 unspecified atom stereocenters. The van der Waals surface area contributed by atoms with Crippen LogP contribution in [0.25, 0.3) is 0 Å². The number of nitrogens with two attached hydrogens (primary N) is 5. The van der Waals surface area contributed by atoms with Gasteiger partial charge in [0.05, 0.1) is 6.04 Å². The number of benzene rings is 1. The summed E-state index contributed by atoms with van der Waals surface area (Å²) in [6.07, 6.45) is 3.28. The van der Waals surface area contributed by atoms with Crippen molar-refractivity contribution in [2.45, 2.75) is 109 Å². The molecule has 0 spiro atoms. The number of rotatable bonds is 27. The number of carbonyl (C=O) groups is 6. The van der Waals surface area contributed by atoms with Crippen molar-refractivity contribution in [2.75, 3.05) is 25.1 Å². The van der Waals surface area contributed by atoms with E-state index in [0.29, 0.717) is 12.2 Å². The molecule has 19 nitrogen and oxygen atoms in total. The second kappa shape index (κ2) is 26.7. The van der Waals surface area contributed by atoms with Crippen LogP contribution in [-0.2, 0) is 35.2 Å². The van der Waals surface area contributed by atoms with Crippen molar-refractivity contribution >= 4 is 59.2 Å². The van der Waals surface area contributed by atoms with Crippen LogP contribution in [0.15, 0.2) is 40.3 Å². The Kier molecular flexibility index (Phi) is 23.4. The van der Waals surface area contributed by atoms with Gasteiger partial charge >= 0.3 is 5.97 Å². The molecule has 0 aliphatic rings. The first kappa shape index (κ1) is 49.9. The highest BCUT2D eigenvalue weighted by Gasteiger charge is 2.34. The van der Waals surface area contributed by atoms with Crippen LogP contribution in [0.2, 0.25) is 0 Å². The molecule has 7 atom stereocenters. The van der Waals surface area contributed by atoms with Crippen LogP contribution in [0.1, 0.15) is 71.8 Å². The fourth-order valence-corrected chi connectivity index (χ4v) is 5.94. The molecule has 20 heteroatoms. The number of guanidine groups is 2. The quantitative estimate of drug-likeness (QED) is 0.0278. The number of nitrogens with zero attached hydrogens (tertiary/aromatic N) is 2. The van der Waals surface area contributed by atoms with Gasteiger partial charge in [0.25, 0.3) is 0 Å². The van der Waals surface area contributed by atoms with Crippen molar-refractivity contribution in [3.63, 3.8) is 0 Å². The van der Waals surface area contributed by atoms with Crippen LogP contribution in [0.3, 0.4) is 0 Å². The number of carboxylic acid groups (broad SMARTS) is 1. The molecule has 0 aromatic heterocycles. The minimum atomic E-state index is -1.29. The zero-order valence-electron chi connectivity index (χ0n) is 33.7. The summed E-state index contributed by atoms with van der Waals surface area (Å²) in [6.45, 7) is 7.44. The maximum absolute atomic E-state index is 13.9. The Bertz CT molecular complexity index is 1510. The van der Waals surface area contributed by atoms with Crippen LogP contribution < -0.4 is 55.3 Å². The summed E-state index contributed by atoms with van der Waals surface area (Å²) in [5.74, 6) is -5.08. The van der Waals surface area contributed by atoms with Gasteiger partial charge in [-0.2, -0.15) is 11.8 Å². The second-order valence-corrected chi connectivity index (χ2v) is 15.1. The van der Waals surface area contributed by atoms with Crippen molar-refractivity contribution in [3.05, 3.63) is 35.9 Å². The van der Waals surface area contributed by atoms with E-state index in [0.717, 1.165) is 5.56 Å². The van der Waals surface area contributed by atoms with E-state index in [1.165, 1.54) is 11.8 Å². The highest BCUT2D eigenvalue weighted by molar-refractivity contribution is 7.98. The molecule has 0 radical (unpaired) electrons. The van der Waals surface area contributed by atoms with E-state index >= 15 is 0 Å². The van der Waals surface area contributed by atoms with Crippen LogP contribution in [0.4, 0.5) is 0 Å². The van der Waals surface area contributed by atoms with E-state index in [-0.39, 0.29) is 69.5 Å². The lowest BCUT2D eigenvalue weighted by Crippen LogP contribution is -2.60. The first-order valence-electron chi connectivity index (χ1n) is 19.0. The second-order valence-electron chi connectivity index (χ2n) is 14.1. The first-order chi connectivity index (χ1) is 26.9. The van der Waals surface area contributed by atoms with E-state index in [1.54, 1.807) is 26.0 Å². The zero-order chi connectivity index (χ0) is 43.1. The molecule has 0 aliphatic heterocycles. The average Bonchev–Trinajstić information content (AvgIpc) is 3.16. The third kappa shape index (κ3) is 19.5. The molecule has 0 aliphatic carbocycles. The Morgan fingerprint density at radius 2 is 1.16 bits per heavy atom. The summed E-state index contributed by atoms with van der Waals surface area (Å²) in [4.78, 5) is 88.0. The van der Waals surface area contributed by atoms with Crippen molar-refractivity contribution in [2.24, 2.45) is 50.5 Å². The summed E-state index contributed by atoms with van der Waals surface area (Å²) in [5.41, 5.74) is 28.5. The number of hydrogen-bond acceptors (Lipinski definition) is 10. The normalized spacial score (nSPS) is 14.6. The van der Waals surface area contributed by atoms with E-state index in [2.05, 4.69) is 36.6 Å². The number of nitrogens with one attached hydrogen (secondary N) is 5. The van der Waals surface area contributed by atoms with Crippen molar-refractivity contribution in [3.8, 4) is 0 Å². The molecule has 0 saturated carbocycles. The monoisotopic (exact) mass is 820 g/mol. The number of hydrogen-bond donors (Lipinski definition) is 11. The maximum atomic E-state index is 13.9. The van der Waals surface area contributed by atoms with Crippen LogP contribution in [0, 0.1) is 11.8 Å². The Labute approximate surface area is 339 Å². The highest BCUT2D eigenvalue weighted by Crippen LogP contribution is 2.12. The molecule has 320 valence electrons. The van der Waals surface area contributed by atoms with Gasteiger partial charge in [-0.05, 0) is 61.5 Å². The molecular weight excluding hydrogens is 757 g/mol. The summed E-state index contributed by atoms with van der Waals surface area (Å²) in [7, 11) is 0. The predicted octanol–water partition coefficient (Wildman–Crippen LogP) is -1.37. The van der Waals surface area contributed by atoms with Crippen molar-refractivity contribution in [1.82, 2.24) is 26.6 Å². The third-order valence-electron chi connectivity index (χ3n) is 9.10.